The highest BCUT2D eigenvalue weighted by molar-refractivity contribution is 5.93. The van der Waals surface area contributed by atoms with Gasteiger partial charge in [-0.15, -0.1) is 0 Å². The molecule has 0 heterocycles. The first-order valence-electron chi connectivity index (χ1n) is 4.32. The Morgan fingerprint density at radius 2 is 1.92 bits per heavy atom. The van der Waals surface area contributed by atoms with E-state index in [4.69, 9.17) is 0 Å². The lowest BCUT2D eigenvalue weighted by Crippen LogP contribution is -2.36. The molecule has 0 aliphatic heterocycles. The van der Waals surface area contributed by atoms with Crippen molar-refractivity contribution in [3.8, 4) is 0 Å². The molecule has 0 amide bonds. The van der Waals surface area contributed by atoms with Gasteiger partial charge in [-0.05, 0) is 5.92 Å². The molecular weight excluding hydrogens is 152 g/mol. The lowest BCUT2D eigenvalue weighted by atomic mass is 9.67. The first-order chi connectivity index (χ1) is 5.37. The van der Waals surface area contributed by atoms with E-state index in [2.05, 4.69) is 0 Å². The molecule has 2 nitrogen and oxygen atoms in total. The summed E-state index contributed by atoms with van der Waals surface area (Å²) in [6.07, 6.45) is 1.37. The summed E-state index contributed by atoms with van der Waals surface area (Å²) in [6.45, 7) is 7.85. The van der Waals surface area contributed by atoms with Gasteiger partial charge < -0.3 is 5.11 Å². The summed E-state index contributed by atoms with van der Waals surface area (Å²) < 4.78 is 0. The van der Waals surface area contributed by atoms with Crippen LogP contribution in [-0.2, 0) is 4.79 Å². The van der Waals surface area contributed by atoms with Gasteiger partial charge in [-0.2, -0.15) is 0 Å². The predicted octanol–water partition coefficient (Wildman–Crippen LogP) is 2.31. The van der Waals surface area contributed by atoms with E-state index in [0.29, 0.717) is 0 Å². The number of carbonyl (C=O) groups excluding carboxylic acids is 1. The van der Waals surface area contributed by atoms with Crippen molar-refractivity contribution in [2.24, 2.45) is 17.3 Å². The maximum Gasteiger partial charge on any atom is 0.162 e. The largest absolute Gasteiger partial charge is 0.512 e. The zero-order chi connectivity index (χ0) is 9.52. The number of allylic oxidation sites excluding steroid dienone is 2. The van der Waals surface area contributed by atoms with E-state index < -0.39 is 0 Å². The molecule has 2 atom stereocenters. The van der Waals surface area contributed by atoms with Gasteiger partial charge in [0.25, 0.3) is 0 Å². The molecule has 12 heavy (non-hydrogen) atoms. The van der Waals surface area contributed by atoms with E-state index in [9.17, 15) is 9.90 Å². The van der Waals surface area contributed by atoms with Crippen molar-refractivity contribution in [1.82, 2.24) is 0 Å². The molecule has 1 aliphatic carbocycles. The Kier molecular flexibility index (Phi) is 2.02. The highest BCUT2D eigenvalue weighted by atomic mass is 16.3. The normalized spacial score (nSPS) is 34.7. The second-order valence-electron chi connectivity index (χ2n) is 4.23. The van der Waals surface area contributed by atoms with Crippen LogP contribution in [0.1, 0.15) is 27.7 Å². The lowest BCUT2D eigenvalue weighted by Gasteiger charge is -2.37. The van der Waals surface area contributed by atoms with E-state index in [1.807, 2.05) is 27.7 Å². The van der Waals surface area contributed by atoms with Crippen molar-refractivity contribution in [3.05, 3.63) is 11.8 Å². The molecule has 0 saturated carbocycles. The SMILES string of the molecule is CC1C(=O)C=C(O)C(C)(C)C1C. The molecule has 0 aromatic heterocycles. The lowest BCUT2D eigenvalue weighted by molar-refractivity contribution is -0.122. The number of ketones is 1. The van der Waals surface area contributed by atoms with Crippen LogP contribution in [0.2, 0.25) is 0 Å². The molecule has 0 aromatic carbocycles. The number of hydrogen-bond donors (Lipinski definition) is 1. The Balaban J connectivity index is 3.09. The Morgan fingerprint density at radius 3 is 2.42 bits per heavy atom. The summed E-state index contributed by atoms with van der Waals surface area (Å²) in [7, 11) is 0. The minimum atomic E-state index is -0.257. The Morgan fingerprint density at radius 1 is 1.42 bits per heavy atom. The monoisotopic (exact) mass is 168 g/mol. The van der Waals surface area contributed by atoms with Crippen LogP contribution in [0.15, 0.2) is 11.8 Å². The second kappa shape index (κ2) is 2.61. The van der Waals surface area contributed by atoms with Crippen LogP contribution < -0.4 is 0 Å². The number of aliphatic hydroxyl groups excluding tert-OH is 1. The minimum Gasteiger partial charge on any atom is -0.512 e. The summed E-state index contributed by atoms with van der Waals surface area (Å²) in [6, 6.07) is 0. The van der Waals surface area contributed by atoms with Crippen molar-refractivity contribution < 1.29 is 9.90 Å². The average molecular weight is 168 g/mol. The summed E-state index contributed by atoms with van der Waals surface area (Å²) in [5.41, 5.74) is -0.257. The Bertz CT molecular complexity index is 238. The van der Waals surface area contributed by atoms with E-state index in [0.717, 1.165) is 0 Å². The summed E-state index contributed by atoms with van der Waals surface area (Å²) in [5.74, 6) is 0.489. The predicted molar refractivity (Wildman–Crippen MR) is 47.8 cm³/mol. The molecule has 2 unspecified atom stereocenters. The van der Waals surface area contributed by atoms with Crippen molar-refractivity contribution in [3.63, 3.8) is 0 Å². The van der Waals surface area contributed by atoms with E-state index in [1.165, 1.54) is 6.08 Å². The minimum absolute atomic E-state index is 0.0240. The molecule has 68 valence electrons. The van der Waals surface area contributed by atoms with Crippen molar-refractivity contribution in [2.45, 2.75) is 27.7 Å². The smallest absolute Gasteiger partial charge is 0.162 e. The van der Waals surface area contributed by atoms with Gasteiger partial charge in [0.15, 0.2) is 5.78 Å². The van der Waals surface area contributed by atoms with E-state index in [1.54, 1.807) is 0 Å². The van der Waals surface area contributed by atoms with Crippen LogP contribution in [0.5, 0.6) is 0 Å². The average Bonchev–Trinajstić information content (AvgIpc) is 1.99. The number of rotatable bonds is 0. The van der Waals surface area contributed by atoms with E-state index in [-0.39, 0.29) is 28.8 Å². The van der Waals surface area contributed by atoms with Gasteiger partial charge in [0.2, 0.25) is 0 Å². The van der Waals surface area contributed by atoms with Gasteiger partial charge in [0.1, 0.15) is 5.76 Å². The van der Waals surface area contributed by atoms with Crippen LogP contribution in [0.25, 0.3) is 0 Å². The number of hydrogen-bond acceptors (Lipinski definition) is 2. The summed E-state index contributed by atoms with van der Waals surface area (Å²) >= 11 is 0. The maximum atomic E-state index is 11.3. The van der Waals surface area contributed by atoms with Crippen LogP contribution in [-0.4, -0.2) is 10.9 Å². The fourth-order valence-corrected chi connectivity index (χ4v) is 1.56. The number of carbonyl (C=O) groups is 1. The van der Waals surface area contributed by atoms with Crippen LogP contribution in [0, 0.1) is 17.3 Å². The fourth-order valence-electron chi connectivity index (χ4n) is 1.56. The standard InChI is InChI=1S/C10H16O2/c1-6-7(2)10(3,4)9(12)5-8(6)11/h5-7,12H,1-4H3. The third-order valence-corrected chi connectivity index (χ3v) is 3.28. The molecule has 2 heteroatoms. The quantitative estimate of drug-likeness (QED) is 0.602. The van der Waals surface area contributed by atoms with Gasteiger partial charge in [-0.3, -0.25) is 4.79 Å². The molecule has 0 bridgehead atoms. The molecule has 1 aliphatic rings. The first kappa shape index (κ1) is 9.30. The highest BCUT2D eigenvalue weighted by Crippen LogP contribution is 2.41. The van der Waals surface area contributed by atoms with Gasteiger partial charge in [0.05, 0.1) is 0 Å². The molecule has 0 radical (unpaired) electrons. The van der Waals surface area contributed by atoms with Gasteiger partial charge in [0, 0.05) is 17.4 Å². The molecular formula is C10H16O2. The van der Waals surface area contributed by atoms with Crippen molar-refractivity contribution >= 4 is 5.78 Å². The van der Waals surface area contributed by atoms with Crippen molar-refractivity contribution in [1.29, 1.82) is 0 Å². The molecule has 0 spiro atoms. The highest BCUT2D eigenvalue weighted by Gasteiger charge is 2.40. The van der Waals surface area contributed by atoms with Crippen LogP contribution in [0.4, 0.5) is 0 Å². The summed E-state index contributed by atoms with van der Waals surface area (Å²) in [4.78, 5) is 11.3. The topological polar surface area (TPSA) is 37.3 Å². The van der Waals surface area contributed by atoms with Gasteiger partial charge in [-0.25, -0.2) is 0 Å². The molecule has 0 aromatic rings. The summed E-state index contributed by atoms with van der Waals surface area (Å²) in [5, 5.41) is 9.54. The first-order valence-corrected chi connectivity index (χ1v) is 4.32. The fraction of sp³-hybridized carbons (Fsp3) is 0.700. The third-order valence-electron chi connectivity index (χ3n) is 3.28. The number of aliphatic hydroxyl groups is 1. The molecule has 1 N–H and O–H groups in total. The van der Waals surface area contributed by atoms with Crippen molar-refractivity contribution in [2.75, 3.05) is 0 Å². The Hall–Kier alpha value is -0.790. The Labute approximate surface area is 73.3 Å². The molecule has 0 fully saturated rings. The molecule has 1 rings (SSSR count). The zero-order valence-corrected chi connectivity index (χ0v) is 8.09. The van der Waals surface area contributed by atoms with Crippen LogP contribution in [0.3, 0.4) is 0 Å². The zero-order valence-electron chi connectivity index (χ0n) is 8.09. The van der Waals surface area contributed by atoms with E-state index >= 15 is 0 Å². The van der Waals surface area contributed by atoms with Crippen LogP contribution >= 0.6 is 0 Å². The van der Waals surface area contributed by atoms with Gasteiger partial charge >= 0.3 is 0 Å². The third kappa shape index (κ3) is 1.15. The molecule has 0 saturated heterocycles. The second-order valence-corrected chi connectivity index (χ2v) is 4.23. The maximum absolute atomic E-state index is 11.3. The van der Waals surface area contributed by atoms with Gasteiger partial charge in [-0.1, -0.05) is 27.7 Å².